The van der Waals surface area contributed by atoms with Crippen LogP contribution in [0.3, 0.4) is 0 Å². The molecule has 0 bridgehead atoms. The highest BCUT2D eigenvalue weighted by atomic mass is 28.4. The van der Waals surface area contributed by atoms with E-state index in [0.29, 0.717) is 12.1 Å². The SMILES string of the molecule is CO[Si](CC[Si](OC)(OC)c1cc2ccccc2c2ccccc12)(OC)OC. The van der Waals surface area contributed by atoms with E-state index in [1.54, 1.807) is 35.5 Å². The van der Waals surface area contributed by atoms with E-state index in [2.05, 4.69) is 54.6 Å². The normalized spacial score (nSPS) is 12.8. The van der Waals surface area contributed by atoms with Crippen molar-refractivity contribution in [1.29, 1.82) is 0 Å². The van der Waals surface area contributed by atoms with Crippen LogP contribution in [0.25, 0.3) is 21.5 Å². The van der Waals surface area contributed by atoms with Crippen molar-refractivity contribution in [2.45, 2.75) is 12.1 Å². The Morgan fingerprint density at radius 2 is 1.14 bits per heavy atom. The van der Waals surface area contributed by atoms with E-state index >= 15 is 0 Å². The first-order chi connectivity index (χ1) is 13.6. The minimum Gasteiger partial charge on any atom is -0.394 e. The van der Waals surface area contributed by atoms with Gasteiger partial charge in [-0.25, -0.2) is 0 Å². The van der Waals surface area contributed by atoms with Crippen molar-refractivity contribution in [3.8, 4) is 0 Å². The summed E-state index contributed by atoms with van der Waals surface area (Å²) in [6.45, 7) is 0. The average Bonchev–Trinajstić information content (AvgIpc) is 2.77. The fourth-order valence-electron chi connectivity index (χ4n) is 3.89. The van der Waals surface area contributed by atoms with Crippen LogP contribution in [0.1, 0.15) is 0 Å². The number of fused-ring (bicyclic) bond motifs is 3. The maximum atomic E-state index is 6.13. The molecular formula is C21H28O5Si2. The molecule has 0 unspecified atom stereocenters. The van der Waals surface area contributed by atoms with Crippen molar-refractivity contribution in [2.75, 3.05) is 35.5 Å². The number of hydrogen-bond donors (Lipinski definition) is 0. The second kappa shape index (κ2) is 8.83. The molecule has 0 amide bonds. The van der Waals surface area contributed by atoms with Gasteiger partial charge in [0.1, 0.15) is 0 Å². The molecule has 0 saturated carbocycles. The summed E-state index contributed by atoms with van der Waals surface area (Å²) in [5, 5.41) is 5.90. The molecule has 0 heterocycles. The highest BCUT2D eigenvalue weighted by Gasteiger charge is 2.46. The third-order valence-electron chi connectivity index (χ3n) is 5.53. The van der Waals surface area contributed by atoms with E-state index in [1.165, 1.54) is 16.2 Å². The third kappa shape index (κ3) is 3.67. The van der Waals surface area contributed by atoms with Crippen LogP contribution in [0, 0.1) is 0 Å². The summed E-state index contributed by atoms with van der Waals surface area (Å²) >= 11 is 0. The van der Waals surface area contributed by atoms with Gasteiger partial charge in [-0.05, 0) is 33.7 Å². The maximum absolute atomic E-state index is 6.13. The Balaban J connectivity index is 2.17. The van der Waals surface area contributed by atoms with E-state index in [-0.39, 0.29) is 0 Å². The first kappa shape index (κ1) is 21.1. The molecular weight excluding hydrogens is 388 g/mol. The van der Waals surface area contributed by atoms with Crippen molar-refractivity contribution in [1.82, 2.24) is 0 Å². The smallest absolute Gasteiger partial charge is 0.394 e. The summed E-state index contributed by atoms with van der Waals surface area (Å²) in [6, 6.07) is 20.3. The van der Waals surface area contributed by atoms with Gasteiger partial charge < -0.3 is 22.1 Å². The molecule has 0 atom stereocenters. The van der Waals surface area contributed by atoms with Gasteiger partial charge in [-0.1, -0.05) is 48.5 Å². The van der Waals surface area contributed by atoms with Gasteiger partial charge in [0.2, 0.25) is 0 Å². The minimum absolute atomic E-state index is 0.617. The van der Waals surface area contributed by atoms with Crippen molar-refractivity contribution >= 4 is 44.1 Å². The van der Waals surface area contributed by atoms with E-state index in [0.717, 1.165) is 10.6 Å². The largest absolute Gasteiger partial charge is 0.500 e. The molecule has 150 valence electrons. The van der Waals surface area contributed by atoms with Gasteiger partial charge in [0, 0.05) is 46.8 Å². The second-order valence-corrected chi connectivity index (χ2v) is 13.1. The van der Waals surface area contributed by atoms with Crippen molar-refractivity contribution in [3.63, 3.8) is 0 Å². The first-order valence-corrected chi connectivity index (χ1v) is 13.2. The molecule has 0 spiro atoms. The van der Waals surface area contributed by atoms with Gasteiger partial charge in [-0.15, -0.1) is 0 Å². The highest BCUT2D eigenvalue weighted by Crippen LogP contribution is 2.29. The Morgan fingerprint density at radius 1 is 0.607 bits per heavy atom. The zero-order valence-corrected chi connectivity index (χ0v) is 19.2. The molecule has 0 aromatic heterocycles. The van der Waals surface area contributed by atoms with Gasteiger partial charge in [0.25, 0.3) is 0 Å². The number of benzene rings is 3. The summed E-state index contributed by atoms with van der Waals surface area (Å²) < 4.78 is 29.1. The summed E-state index contributed by atoms with van der Waals surface area (Å²) in [7, 11) is 2.86. The lowest BCUT2D eigenvalue weighted by molar-refractivity contribution is 0.124. The van der Waals surface area contributed by atoms with Crippen molar-refractivity contribution < 1.29 is 22.1 Å². The van der Waals surface area contributed by atoms with Crippen LogP contribution in [0.4, 0.5) is 0 Å². The zero-order valence-electron chi connectivity index (χ0n) is 17.2. The van der Waals surface area contributed by atoms with Gasteiger partial charge in [-0.3, -0.25) is 0 Å². The minimum atomic E-state index is -2.77. The molecule has 0 radical (unpaired) electrons. The topological polar surface area (TPSA) is 46.2 Å². The van der Waals surface area contributed by atoms with Crippen LogP contribution in [0.2, 0.25) is 12.1 Å². The van der Waals surface area contributed by atoms with Crippen LogP contribution in [0.15, 0.2) is 54.6 Å². The van der Waals surface area contributed by atoms with Crippen molar-refractivity contribution in [2.24, 2.45) is 0 Å². The van der Waals surface area contributed by atoms with Crippen LogP contribution in [-0.4, -0.2) is 52.9 Å². The Hall–Kier alpha value is -1.59. The average molecular weight is 417 g/mol. The van der Waals surface area contributed by atoms with Gasteiger partial charge in [0.05, 0.1) is 0 Å². The Bertz CT molecular complexity index is 930. The standard InChI is InChI=1S/C21H28O5Si2/c1-22-27(23-2,14-15-28(24-3,25-4)26-5)21-16-17-10-6-7-11-18(17)19-12-8-9-13-20(19)21/h6-13,16H,14-15H2,1-5H3. The van der Waals surface area contributed by atoms with Crippen LogP contribution < -0.4 is 5.19 Å². The predicted octanol–water partition coefficient (Wildman–Crippen LogP) is 3.81. The zero-order chi connectivity index (χ0) is 20.2. The molecule has 3 aromatic carbocycles. The predicted molar refractivity (Wildman–Crippen MR) is 117 cm³/mol. The van der Waals surface area contributed by atoms with Crippen LogP contribution in [0.5, 0.6) is 0 Å². The number of hydrogen-bond acceptors (Lipinski definition) is 5. The van der Waals surface area contributed by atoms with Gasteiger partial charge in [0.15, 0.2) is 0 Å². The molecule has 5 nitrogen and oxygen atoms in total. The quantitative estimate of drug-likeness (QED) is 0.392. The molecule has 0 aliphatic carbocycles. The molecule has 0 N–H and O–H groups in total. The Kier molecular flexibility index (Phi) is 6.67. The maximum Gasteiger partial charge on any atom is 0.500 e. The molecule has 3 rings (SSSR count). The summed E-state index contributed by atoms with van der Waals surface area (Å²) in [6.07, 6.45) is 0. The summed E-state index contributed by atoms with van der Waals surface area (Å²) in [5.41, 5.74) is 0. The van der Waals surface area contributed by atoms with E-state index in [4.69, 9.17) is 22.1 Å². The second-order valence-electron chi connectivity index (χ2n) is 6.65. The summed E-state index contributed by atoms with van der Waals surface area (Å²) in [4.78, 5) is 0. The lowest BCUT2D eigenvalue weighted by Crippen LogP contribution is -2.55. The third-order valence-corrected chi connectivity index (χ3v) is 12.2. The molecule has 28 heavy (non-hydrogen) atoms. The van der Waals surface area contributed by atoms with E-state index in [9.17, 15) is 0 Å². The Labute approximate surface area is 168 Å². The molecule has 0 aliphatic heterocycles. The molecule has 3 aromatic rings. The fourth-order valence-corrected chi connectivity index (χ4v) is 9.83. The van der Waals surface area contributed by atoms with E-state index < -0.39 is 17.4 Å². The van der Waals surface area contributed by atoms with Gasteiger partial charge >= 0.3 is 17.4 Å². The van der Waals surface area contributed by atoms with Crippen LogP contribution >= 0.6 is 0 Å². The monoisotopic (exact) mass is 416 g/mol. The van der Waals surface area contributed by atoms with Crippen molar-refractivity contribution in [3.05, 3.63) is 54.6 Å². The molecule has 7 heteroatoms. The molecule has 0 saturated heterocycles. The lowest BCUT2D eigenvalue weighted by Gasteiger charge is -2.32. The fraction of sp³-hybridized carbons (Fsp3) is 0.333. The van der Waals surface area contributed by atoms with E-state index in [1.807, 2.05) is 0 Å². The first-order valence-electron chi connectivity index (χ1n) is 9.25. The highest BCUT2D eigenvalue weighted by molar-refractivity contribution is 6.84. The Morgan fingerprint density at radius 3 is 1.71 bits per heavy atom. The summed E-state index contributed by atoms with van der Waals surface area (Å²) in [5.74, 6) is 0. The van der Waals surface area contributed by atoms with Gasteiger partial charge in [-0.2, -0.15) is 0 Å². The number of rotatable bonds is 9. The molecule has 0 aliphatic rings. The molecule has 0 fully saturated rings. The van der Waals surface area contributed by atoms with Crippen LogP contribution in [-0.2, 0) is 22.1 Å². The lowest BCUT2D eigenvalue weighted by atomic mass is 10.0.